The number of rotatable bonds is 0. The van der Waals surface area contributed by atoms with Gasteiger partial charge in [0.2, 0.25) is 0 Å². The van der Waals surface area contributed by atoms with Crippen LogP contribution in [0.1, 0.15) is 32.1 Å². The van der Waals surface area contributed by atoms with Crippen LogP contribution >= 0.6 is 0 Å². The van der Waals surface area contributed by atoms with Gasteiger partial charge in [0.1, 0.15) is 0 Å². The number of hydrogen-bond donors (Lipinski definition) is 0. The maximum atomic E-state index is 2.50. The van der Waals surface area contributed by atoms with Gasteiger partial charge < -0.3 is 12.8 Å². The molecule has 0 unspecified atom stereocenters. The number of hydrogen-bond acceptors (Lipinski definition) is 0. The van der Waals surface area contributed by atoms with Crippen molar-refractivity contribution >= 4 is 0 Å². The molecule has 2 bridgehead atoms. The van der Waals surface area contributed by atoms with Gasteiger partial charge in [-0.05, 0) is 0 Å². The third-order valence-corrected chi connectivity index (χ3v) is 2.69. The molecule has 0 heterocycles. The summed E-state index contributed by atoms with van der Waals surface area (Å²) in [5.74, 6) is 1.99. The van der Waals surface area contributed by atoms with E-state index in [9.17, 15) is 0 Å². The third kappa shape index (κ3) is 1.12. The Labute approximate surface area is 57.6 Å². The van der Waals surface area contributed by atoms with Crippen molar-refractivity contribution in [1.29, 1.82) is 0 Å². The van der Waals surface area contributed by atoms with Crippen LogP contribution in [0.25, 0.3) is 0 Å². The highest BCUT2D eigenvalue weighted by molar-refractivity contribution is 4.97. The first-order valence-electron chi connectivity index (χ1n) is 4.12. The van der Waals surface area contributed by atoms with Gasteiger partial charge in [-0.15, -0.1) is 6.42 Å². The molecule has 2 aliphatic carbocycles. The van der Waals surface area contributed by atoms with Gasteiger partial charge in [-0.3, -0.25) is 5.92 Å². The van der Waals surface area contributed by atoms with E-state index in [1.165, 1.54) is 32.1 Å². The molecule has 0 heteroatoms. The first-order valence-corrected chi connectivity index (χ1v) is 4.12. The van der Waals surface area contributed by atoms with Crippen LogP contribution in [0.2, 0.25) is 0 Å². The fourth-order valence-corrected chi connectivity index (χ4v) is 2.15. The highest BCUT2D eigenvalue weighted by Crippen LogP contribution is 2.38. The van der Waals surface area contributed by atoms with E-state index in [0.717, 1.165) is 11.8 Å². The number of fused-ring (bicyclic) bond motifs is 2. The van der Waals surface area contributed by atoms with Gasteiger partial charge in [-0.1, -0.05) is 18.8 Å². The smallest absolute Gasteiger partial charge is 0.0507 e. The minimum Gasteiger partial charge on any atom is -0.354 e. The Morgan fingerprint density at radius 1 is 1.00 bits per heavy atom. The first-order chi connectivity index (χ1) is 4.45. The van der Waals surface area contributed by atoms with Gasteiger partial charge in [0.25, 0.3) is 0 Å². The molecule has 52 valence electrons. The van der Waals surface area contributed by atoms with E-state index in [2.05, 4.69) is 12.8 Å². The van der Waals surface area contributed by atoms with Crippen LogP contribution in [0.3, 0.4) is 0 Å². The molecule has 0 aromatic heterocycles. The molecule has 0 aromatic rings. The maximum Gasteiger partial charge on any atom is -0.0507 e. The predicted octanol–water partition coefficient (Wildman–Crippen LogP) is 2.61. The van der Waals surface area contributed by atoms with E-state index in [1.54, 1.807) is 0 Å². The van der Waals surface area contributed by atoms with E-state index >= 15 is 0 Å². The van der Waals surface area contributed by atoms with Crippen molar-refractivity contribution in [3.05, 3.63) is 12.8 Å². The first kappa shape index (κ1) is 5.76. The lowest BCUT2D eigenvalue weighted by Gasteiger charge is -2.48. The SMILES string of the molecule is [CH-]1CCC2CC[CH-]C1C2. The van der Waals surface area contributed by atoms with E-state index in [4.69, 9.17) is 0 Å². The summed E-state index contributed by atoms with van der Waals surface area (Å²) < 4.78 is 0. The molecule has 2 saturated carbocycles. The average molecular weight is 122 g/mol. The van der Waals surface area contributed by atoms with Gasteiger partial charge in [0, 0.05) is 0 Å². The zero-order chi connectivity index (χ0) is 6.10. The van der Waals surface area contributed by atoms with Crippen LogP contribution in [0, 0.1) is 24.7 Å². The fourth-order valence-electron chi connectivity index (χ4n) is 2.15. The largest absolute Gasteiger partial charge is 0.354 e. The standard InChI is InChI=1S/C9H14/c1-3-8-5-2-6-9(4-1)7-8/h3,5,8-9H,1-2,4,6-7H2/q-2. The molecule has 0 nitrogen and oxygen atoms in total. The van der Waals surface area contributed by atoms with Crippen molar-refractivity contribution in [1.82, 2.24) is 0 Å². The molecule has 0 N–H and O–H groups in total. The summed E-state index contributed by atoms with van der Waals surface area (Å²) >= 11 is 0. The van der Waals surface area contributed by atoms with Crippen LogP contribution in [0.5, 0.6) is 0 Å². The van der Waals surface area contributed by atoms with Gasteiger partial charge >= 0.3 is 0 Å². The van der Waals surface area contributed by atoms with E-state index < -0.39 is 0 Å². The lowest BCUT2D eigenvalue weighted by molar-refractivity contribution is 0.286. The highest BCUT2D eigenvalue weighted by Gasteiger charge is 2.13. The van der Waals surface area contributed by atoms with Gasteiger partial charge in [0.15, 0.2) is 0 Å². The molecule has 0 spiro atoms. The molecular weight excluding hydrogens is 108 g/mol. The fraction of sp³-hybridized carbons (Fsp3) is 0.778. The summed E-state index contributed by atoms with van der Waals surface area (Å²) in [6.45, 7) is 0. The van der Waals surface area contributed by atoms with Crippen molar-refractivity contribution in [2.75, 3.05) is 0 Å². The second kappa shape index (κ2) is 2.32. The van der Waals surface area contributed by atoms with Crippen LogP contribution in [-0.4, -0.2) is 0 Å². The lowest BCUT2D eigenvalue weighted by Crippen LogP contribution is -2.21. The maximum absolute atomic E-state index is 2.50. The summed E-state index contributed by atoms with van der Waals surface area (Å²) in [5, 5.41) is 0. The minimum absolute atomic E-state index is 0.900. The van der Waals surface area contributed by atoms with Crippen molar-refractivity contribution in [2.24, 2.45) is 11.8 Å². The van der Waals surface area contributed by atoms with Crippen LogP contribution in [0.4, 0.5) is 0 Å². The summed E-state index contributed by atoms with van der Waals surface area (Å²) in [7, 11) is 0. The monoisotopic (exact) mass is 122 g/mol. The van der Waals surface area contributed by atoms with Crippen molar-refractivity contribution in [3.8, 4) is 0 Å². The third-order valence-electron chi connectivity index (χ3n) is 2.69. The normalized spacial score (nSPS) is 42.7. The van der Waals surface area contributed by atoms with Crippen LogP contribution < -0.4 is 0 Å². The Hall–Kier alpha value is 0. The summed E-state index contributed by atoms with van der Waals surface area (Å²) in [4.78, 5) is 0. The van der Waals surface area contributed by atoms with E-state index in [-0.39, 0.29) is 0 Å². The molecule has 0 amide bonds. The van der Waals surface area contributed by atoms with Crippen LogP contribution in [-0.2, 0) is 0 Å². The minimum atomic E-state index is 0.900. The Morgan fingerprint density at radius 3 is 2.11 bits per heavy atom. The van der Waals surface area contributed by atoms with E-state index in [1.807, 2.05) is 0 Å². The lowest BCUT2D eigenvalue weighted by atomic mass is 9.72. The Kier molecular flexibility index (Phi) is 1.48. The van der Waals surface area contributed by atoms with Crippen molar-refractivity contribution < 1.29 is 0 Å². The zero-order valence-electron chi connectivity index (χ0n) is 5.84. The van der Waals surface area contributed by atoms with Crippen molar-refractivity contribution in [3.63, 3.8) is 0 Å². The molecule has 0 atom stereocenters. The van der Waals surface area contributed by atoms with Crippen molar-refractivity contribution in [2.45, 2.75) is 32.1 Å². The van der Waals surface area contributed by atoms with Gasteiger partial charge in [-0.25, -0.2) is 0 Å². The zero-order valence-corrected chi connectivity index (χ0v) is 5.84. The predicted molar refractivity (Wildman–Crippen MR) is 38.7 cm³/mol. The summed E-state index contributed by atoms with van der Waals surface area (Å²) in [6, 6.07) is 0. The topological polar surface area (TPSA) is 0 Å². The second-order valence-electron chi connectivity index (χ2n) is 3.39. The molecule has 0 aliphatic heterocycles. The van der Waals surface area contributed by atoms with E-state index in [0.29, 0.717) is 0 Å². The molecule has 2 fully saturated rings. The molecule has 0 saturated heterocycles. The Bertz CT molecular complexity index is 76.2. The summed E-state index contributed by atoms with van der Waals surface area (Å²) in [6.07, 6.45) is 12.2. The summed E-state index contributed by atoms with van der Waals surface area (Å²) in [5.41, 5.74) is 0. The second-order valence-corrected chi connectivity index (χ2v) is 3.39. The molecule has 0 radical (unpaired) electrons. The molecule has 2 rings (SSSR count). The Balaban J connectivity index is 1.96. The van der Waals surface area contributed by atoms with Gasteiger partial charge in [0.05, 0.1) is 0 Å². The molecular formula is C9H14-2. The molecule has 0 aromatic carbocycles. The Morgan fingerprint density at radius 2 is 1.67 bits per heavy atom. The van der Waals surface area contributed by atoms with Crippen LogP contribution in [0.15, 0.2) is 0 Å². The highest BCUT2D eigenvalue weighted by atomic mass is 14.3. The van der Waals surface area contributed by atoms with Gasteiger partial charge in [-0.2, -0.15) is 12.8 Å². The molecule has 2 aliphatic rings. The molecule has 9 heavy (non-hydrogen) atoms. The average Bonchev–Trinajstić information content (AvgIpc) is 1.88. The quantitative estimate of drug-likeness (QED) is 0.433.